The lowest BCUT2D eigenvalue weighted by molar-refractivity contribution is -0.141. The van der Waals surface area contributed by atoms with E-state index in [2.05, 4.69) is 15.6 Å². The highest BCUT2D eigenvalue weighted by molar-refractivity contribution is 5.91. The molecule has 2 aliphatic rings. The van der Waals surface area contributed by atoms with Crippen molar-refractivity contribution in [3.05, 3.63) is 53.9 Å². The summed E-state index contributed by atoms with van der Waals surface area (Å²) >= 11 is 0. The molecule has 0 bridgehead atoms. The first kappa shape index (κ1) is 35.9. The standard InChI is InChI=1S/C36H50N6O7/c1-22(2)32(30-19-31(39-49-30)47-21-24-13-16-41(17-14-24)35(46)48-36(4,5)6)34(45)42-20-27(43)18-29(42)33(44)38-23(3)25-8-10-26(11-9-25)28-12-15-37-40(28)7/h8-12,15,19,22-24,27,29,32,43H,13-14,16-18,20-21H2,1-7H3,(H,38,44)/t23-,27+,29-,32-/m0/s1. The molecule has 2 aromatic heterocycles. The van der Waals surface area contributed by atoms with Crippen LogP contribution in [0.1, 0.15) is 84.1 Å². The van der Waals surface area contributed by atoms with Crippen LogP contribution in [0.5, 0.6) is 5.88 Å². The number of nitrogens with zero attached hydrogens (tertiary/aromatic N) is 5. The number of likely N-dealkylation sites (tertiary alicyclic amines) is 2. The summed E-state index contributed by atoms with van der Waals surface area (Å²) < 4.78 is 18.9. The number of benzene rings is 1. The average molecular weight is 679 g/mol. The number of β-amino-alcohol motifs (C(OH)–C–C–N with tert-alkyl or cyclic N) is 1. The molecule has 2 saturated heterocycles. The van der Waals surface area contributed by atoms with Gasteiger partial charge >= 0.3 is 6.09 Å². The number of amides is 3. The van der Waals surface area contributed by atoms with Gasteiger partial charge in [-0.2, -0.15) is 5.10 Å². The first-order valence-electron chi connectivity index (χ1n) is 17.1. The zero-order valence-electron chi connectivity index (χ0n) is 29.6. The fourth-order valence-corrected chi connectivity index (χ4v) is 6.51. The lowest BCUT2D eigenvalue weighted by atomic mass is 9.91. The summed E-state index contributed by atoms with van der Waals surface area (Å²) in [6.07, 6.45) is 2.31. The molecule has 2 N–H and O–H groups in total. The van der Waals surface area contributed by atoms with Gasteiger partial charge in [-0.1, -0.05) is 38.1 Å². The summed E-state index contributed by atoms with van der Waals surface area (Å²) in [4.78, 5) is 43.2. The first-order chi connectivity index (χ1) is 23.2. The molecule has 0 unspecified atom stereocenters. The number of ether oxygens (including phenoxy) is 2. The maximum atomic E-state index is 14.0. The van der Waals surface area contributed by atoms with Gasteiger partial charge < -0.3 is 34.2 Å². The fraction of sp³-hybridized carbons (Fsp3) is 0.583. The third kappa shape index (κ3) is 8.80. The van der Waals surface area contributed by atoms with Crippen LogP contribution in [-0.2, 0) is 21.4 Å². The minimum atomic E-state index is -0.829. The van der Waals surface area contributed by atoms with Crippen LogP contribution in [0.25, 0.3) is 11.3 Å². The van der Waals surface area contributed by atoms with Crippen LogP contribution in [0.3, 0.4) is 0 Å². The van der Waals surface area contributed by atoms with Crippen LogP contribution in [0.15, 0.2) is 47.1 Å². The minimum Gasteiger partial charge on any atom is -0.475 e. The average Bonchev–Trinajstić information content (AvgIpc) is 3.79. The number of piperidine rings is 1. The molecule has 5 rings (SSSR count). The number of aliphatic hydroxyl groups is 1. The van der Waals surface area contributed by atoms with Crippen molar-refractivity contribution in [3.8, 4) is 17.1 Å². The van der Waals surface area contributed by atoms with E-state index in [1.165, 1.54) is 4.90 Å². The molecule has 2 fully saturated rings. The molecule has 0 spiro atoms. The molecule has 13 heteroatoms. The number of hydrogen-bond acceptors (Lipinski definition) is 9. The van der Waals surface area contributed by atoms with Gasteiger partial charge in [-0.3, -0.25) is 14.3 Å². The van der Waals surface area contributed by atoms with E-state index in [-0.39, 0.29) is 54.6 Å². The Kier molecular flexibility index (Phi) is 11.0. The van der Waals surface area contributed by atoms with E-state index < -0.39 is 23.7 Å². The quantitative estimate of drug-likeness (QED) is 0.311. The molecule has 4 heterocycles. The highest BCUT2D eigenvalue weighted by atomic mass is 16.6. The largest absolute Gasteiger partial charge is 0.475 e. The van der Waals surface area contributed by atoms with Crippen LogP contribution >= 0.6 is 0 Å². The second-order valence-corrected chi connectivity index (χ2v) is 14.6. The molecule has 266 valence electrons. The van der Waals surface area contributed by atoms with Gasteiger partial charge in [0, 0.05) is 45.4 Å². The second kappa shape index (κ2) is 15.0. The second-order valence-electron chi connectivity index (χ2n) is 14.6. The lowest BCUT2D eigenvalue weighted by Crippen LogP contribution is -2.48. The number of aromatic nitrogens is 3. The molecule has 4 atom stereocenters. The van der Waals surface area contributed by atoms with Crippen molar-refractivity contribution in [1.82, 2.24) is 30.1 Å². The molecule has 49 heavy (non-hydrogen) atoms. The van der Waals surface area contributed by atoms with E-state index in [0.717, 1.165) is 29.7 Å². The molecule has 0 saturated carbocycles. The maximum absolute atomic E-state index is 14.0. The Balaban J connectivity index is 1.17. The smallest absolute Gasteiger partial charge is 0.410 e. The van der Waals surface area contributed by atoms with E-state index in [1.54, 1.807) is 21.8 Å². The van der Waals surface area contributed by atoms with Crippen LogP contribution < -0.4 is 10.1 Å². The molecule has 0 aliphatic carbocycles. The molecule has 13 nitrogen and oxygen atoms in total. The van der Waals surface area contributed by atoms with Gasteiger partial charge in [-0.05, 0) is 74.7 Å². The van der Waals surface area contributed by atoms with E-state index in [1.807, 2.05) is 78.9 Å². The fourth-order valence-electron chi connectivity index (χ4n) is 6.51. The summed E-state index contributed by atoms with van der Waals surface area (Å²) in [6.45, 7) is 12.9. The summed E-state index contributed by atoms with van der Waals surface area (Å²) in [5.41, 5.74) is 2.38. The molecule has 1 aromatic carbocycles. The van der Waals surface area contributed by atoms with E-state index in [4.69, 9.17) is 14.0 Å². The van der Waals surface area contributed by atoms with Crippen molar-refractivity contribution in [1.29, 1.82) is 0 Å². The van der Waals surface area contributed by atoms with Crippen molar-refractivity contribution in [2.24, 2.45) is 18.9 Å². The van der Waals surface area contributed by atoms with Crippen molar-refractivity contribution >= 4 is 17.9 Å². The van der Waals surface area contributed by atoms with Crippen molar-refractivity contribution in [2.45, 2.75) is 90.5 Å². The van der Waals surface area contributed by atoms with Gasteiger partial charge in [0.25, 0.3) is 5.88 Å². The summed E-state index contributed by atoms with van der Waals surface area (Å²) in [5, 5.41) is 21.9. The third-order valence-electron chi connectivity index (χ3n) is 9.23. The van der Waals surface area contributed by atoms with Crippen LogP contribution in [0, 0.1) is 11.8 Å². The SMILES string of the molecule is CC(C)[C@H](C(=O)N1C[C@H](O)C[C@H]1C(=O)N[C@@H](C)c1ccc(-c2ccnn2C)cc1)c1cc(OCC2CCN(C(=O)OC(C)(C)C)CC2)no1. The van der Waals surface area contributed by atoms with Gasteiger partial charge in [0.2, 0.25) is 11.8 Å². The predicted molar refractivity (Wildman–Crippen MR) is 181 cm³/mol. The summed E-state index contributed by atoms with van der Waals surface area (Å²) in [5.74, 6) is -0.678. The third-order valence-corrected chi connectivity index (χ3v) is 9.23. The molecular formula is C36H50N6O7. The Labute approximate surface area is 287 Å². The predicted octanol–water partition coefficient (Wildman–Crippen LogP) is 4.68. The summed E-state index contributed by atoms with van der Waals surface area (Å²) in [6, 6.07) is 10.3. The molecule has 2 aliphatic heterocycles. The number of hydrogen-bond donors (Lipinski definition) is 2. The van der Waals surface area contributed by atoms with Gasteiger partial charge in [0.1, 0.15) is 17.6 Å². The monoisotopic (exact) mass is 678 g/mol. The normalized spacial score (nSPS) is 19.9. The van der Waals surface area contributed by atoms with Crippen molar-refractivity contribution in [3.63, 3.8) is 0 Å². The van der Waals surface area contributed by atoms with E-state index >= 15 is 0 Å². The molecular weight excluding hydrogens is 628 g/mol. The van der Waals surface area contributed by atoms with E-state index in [0.29, 0.717) is 25.5 Å². The number of carbonyl (C=O) groups is 3. The molecule has 0 radical (unpaired) electrons. The van der Waals surface area contributed by atoms with Crippen LogP contribution in [0.2, 0.25) is 0 Å². The molecule has 3 amide bonds. The number of rotatable bonds is 10. The first-order valence-corrected chi connectivity index (χ1v) is 17.1. The molecule has 3 aromatic rings. The minimum absolute atomic E-state index is 0.0490. The zero-order chi connectivity index (χ0) is 35.5. The van der Waals surface area contributed by atoms with Crippen LogP contribution in [-0.4, -0.2) is 91.7 Å². The summed E-state index contributed by atoms with van der Waals surface area (Å²) in [7, 11) is 1.89. The highest BCUT2D eigenvalue weighted by Crippen LogP contribution is 2.33. The van der Waals surface area contributed by atoms with Crippen molar-refractivity contribution in [2.75, 3.05) is 26.2 Å². The van der Waals surface area contributed by atoms with Gasteiger partial charge in [-0.25, -0.2) is 4.79 Å². The zero-order valence-corrected chi connectivity index (χ0v) is 29.6. The maximum Gasteiger partial charge on any atom is 0.410 e. The Morgan fingerprint density at radius 2 is 1.78 bits per heavy atom. The lowest BCUT2D eigenvalue weighted by Gasteiger charge is -2.33. The van der Waals surface area contributed by atoms with Crippen molar-refractivity contribution < 1.29 is 33.5 Å². The Hall–Kier alpha value is -4.39. The van der Waals surface area contributed by atoms with Gasteiger partial charge in [0.05, 0.1) is 24.4 Å². The number of carbonyl (C=O) groups excluding carboxylic acids is 3. The van der Waals surface area contributed by atoms with E-state index in [9.17, 15) is 19.5 Å². The number of aryl methyl sites for hydroxylation is 1. The number of aliphatic hydroxyl groups excluding tert-OH is 1. The van der Waals surface area contributed by atoms with Crippen LogP contribution in [0.4, 0.5) is 4.79 Å². The highest BCUT2D eigenvalue weighted by Gasteiger charge is 2.43. The Bertz CT molecular complexity index is 1590. The topological polar surface area (TPSA) is 152 Å². The number of nitrogens with one attached hydrogen (secondary N) is 1. The Morgan fingerprint density at radius 1 is 1.08 bits per heavy atom. The Morgan fingerprint density at radius 3 is 2.39 bits per heavy atom. The van der Waals surface area contributed by atoms with Gasteiger partial charge in [-0.15, -0.1) is 0 Å². The van der Waals surface area contributed by atoms with Gasteiger partial charge in [0.15, 0.2) is 5.76 Å².